The van der Waals surface area contributed by atoms with Gasteiger partial charge in [-0.3, -0.25) is 0 Å². The first-order chi connectivity index (χ1) is 9.29. The van der Waals surface area contributed by atoms with Crippen molar-refractivity contribution in [2.75, 3.05) is 0 Å². The zero-order chi connectivity index (χ0) is 13.8. The van der Waals surface area contributed by atoms with Crippen LogP contribution in [-0.4, -0.2) is 11.1 Å². The van der Waals surface area contributed by atoms with Crippen molar-refractivity contribution in [3.63, 3.8) is 0 Å². The largest absolute Gasteiger partial charge is 0.478 e. The number of hydroxylamine groups is 1. The highest BCUT2D eigenvalue weighted by molar-refractivity contribution is 5.80. The van der Waals surface area contributed by atoms with Crippen LogP contribution in [0.2, 0.25) is 0 Å². The molecule has 0 saturated heterocycles. The highest BCUT2D eigenvalue weighted by Crippen LogP contribution is 2.00. The van der Waals surface area contributed by atoms with Crippen LogP contribution in [0.3, 0.4) is 0 Å². The van der Waals surface area contributed by atoms with Crippen molar-refractivity contribution >= 4 is 12.0 Å². The van der Waals surface area contributed by atoms with Crippen LogP contribution in [0, 0.1) is 0 Å². The molecule has 1 aliphatic rings. The summed E-state index contributed by atoms with van der Waals surface area (Å²) in [5.74, 6) is -0.933. The summed E-state index contributed by atoms with van der Waals surface area (Å²) >= 11 is 0. The molecule has 0 atom stereocenters. The van der Waals surface area contributed by atoms with Crippen LogP contribution in [0.1, 0.15) is 5.56 Å². The second-order valence-electron chi connectivity index (χ2n) is 3.39. The van der Waals surface area contributed by atoms with E-state index in [0.29, 0.717) is 0 Å². The van der Waals surface area contributed by atoms with Crippen molar-refractivity contribution in [1.29, 1.82) is 0 Å². The Morgan fingerprint density at radius 1 is 1.16 bits per heavy atom. The average Bonchev–Trinajstić information content (AvgIpc) is 2.47. The Morgan fingerprint density at radius 3 is 2.42 bits per heavy atom. The summed E-state index contributed by atoms with van der Waals surface area (Å²) < 4.78 is 0. The van der Waals surface area contributed by atoms with E-state index in [0.717, 1.165) is 11.6 Å². The van der Waals surface area contributed by atoms with Gasteiger partial charge in [-0.2, -0.15) is 0 Å². The highest BCUT2D eigenvalue weighted by Gasteiger charge is 1.82. The lowest BCUT2D eigenvalue weighted by atomic mass is 10.2. The maximum Gasteiger partial charge on any atom is 0.328 e. The number of hydrogen-bond donors (Lipinski definition) is 2. The van der Waals surface area contributed by atoms with E-state index in [1.165, 1.54) is 6.08 Å². The summed E-state index contributed by atoms with van der Waals surface area (Å²) in [6.07, 6.45) is 13.1. The minimum atomic E-state index is -0.933. The molecule has 4 nitrogen and oxygen atoms in total. The van der Waals surface area contributed by atoms with E-state index in [9.17, 15) is 4.79 Å². The minimum absolute atomic E-state index is 0.933. The molecule has 1 aliphatic heterocycles. The van der Waals surface area contributed by atoms with E-state index in [2.05, 4.69) is 10.3 Å². The molecule has 98 valence electrons. The normalized spacial score (nSPS) is 12.6. The third kappa shape index (κ3) is 8.04. The molecule has 19 heavy (non-hydrogen) atoms. The van der Waals surface area contributed by atoms with Crippen molar-refractivity contribution in [2.24, 2.45) is 0 Å². The number of nitrogens with one attached hydrogen (secondary N) is 1. The first kappa shape index (κ1) is 14.3. The Kier molecular flexibility index (Phi) is 7.00. The van der Waals surface area contributed by atoms with Crippen molar-refractivity contribution in [3.8, 4) is 0 Å². The Morgan fingerprint density at radius 2 is 1.95 bits per heavy atom. The van der Waals surface area contributed by atoms with Gasteiger partial charge in [-0.1, -0.05) is 48.6 Å². The van der Waals surface area contributed by atoms with Gasteiger partial charge in [0.05, 0.1) is 0 Å². The SMILES string of the molecule is C1=CNOC=C1.O=C(O)C=CC=Cc1ccccc1. The molecule has 1 heterocycles. The van der Waals surface area contributed by atoms with Crippen molar-refractivity contribution in [1.82, 2.24) is 5.48 Å². The number of hydrogen-bond acceptors (Lipinski definition) is 3. The number of rotatable bonds is 3. The van der Waals surface area contributed by atoms with Crippen LogP contribution >= 0.6 is 0 Å². The number of carboxylic acid groups (broad SMARTS) is 1. The fourth-order valence-electron chi connectivity index (χ4n) is 1.13. The van der Waals surface area contributed by atoms with Gasteiger partial charge in [-0.15, -0.1) is 0 Å². The first-order valence-electron chi connectivity index (χ1n) is 5.64. The van der Waals surface area contributed by atoms with Crippen LogP contribution in [-0.2, 0) is 9.63 Å². The molecule has 1 aromatic rings. The smallest absolute Gasteiger partial charge is 0.328 e. The minimum Gasteiger partial charge on any atom is -0.478 e. The molecule has 0 unspecified atom stereocenters. The molecule has 0 bridgehead atoms. The van der Waals surface area contributed by atoms with E-state index in [-0.39, 0.29) is 0 Å². The Bertz CT molecular complexity index is 475. The molecule has 1 aromatic carbocycles. The molecule has 0 saturated carbocycles. The summed E-state index contributed by atoms with van der Waals surface area (Å²) in [5.41, 5.74) is 3.57. The van der Waals surface area contributed by atoms with Crippen molar-refractivity contribution in [2.45, 2.75) is 0 Å². The van der Waals surface area contributed by atoms with Crippen LogP contribution in [0.4, 0.5) is 0 Å². The van der Waals surface area contributed by atoms with Crippen LogP contribution in [0.25, 0.3) is 6.08 Å². The third-order valence-corrected chi connectivity index (χ3v) is 1.93. The molecule has 0 amide bonds. The van der Waals surface area contributed by atoms with Gasteiger partial charge >= 0.3 is 5.97 Å². The molecule has 0 spiro atoms. The molecule has 2 N–H and O–H groups in total. The quantitative estimate of drug-likeness (QED) is 0.645. The maximum atomic E-state index is 10.1. The van der Waals surface area contributed by atoms with Crippen molar-refractivity contribution < 1.29 is 14.7 Å². The Labute approximate surface area is 112 Å². The zero-order valence-electron chi connectivity index (χ0n) is 10.3. The number of carbonyl (C=O) groups is 1. The lowest BCUT2D eigenvalue weighted by Gasteiger charge is -1.97. The van der Waals surface area contributed by atoms with Gasteiger partial charge in [0.2, 0.25) is 0 Å². The van der Waals surface area contributed by atoms with Crippen LogP contribution < -0.4 is 5.48 Å². The van der Waals surface area contributed by atoms with E-state index in [1.54, 1.807) is 24.6 Å². The van der Waals surface area contributed by atoms with Gasteiger partial charge < -0.3 is 9.94 Å². The second-order valence-corrected chi connectivity index (χ2v) is 3.39. The second kappa shape index (κ2) is 9.30. The number of allylic oxidation sites excluding steroid dienone is 4. The van der Waals surface area contributed by atoms with Crippen LogP contribution in [0.15, 0.2) is 73.2 Å². The fourth-order valence-corrected chi connectivity index (χ4v) is 1.13. The Hall–Kier alpha value is -2.75. The topological polar surface area (TPSA) is 58.6 Å². The van der Waals surface area contributed by atoms with E-state index in [4.69, 9.17) is 5.11 Å². The molecule has 0 radical (unpaired) electrons. The van der Waals surface area contributed by atoms with Gasteiger partial charge in [0.25, 0.3) is 0 Å². The summed E-state index contributed by atoms with van der Waals surface area (Å²) in [7, 11) is 0. The molecule has 2 rings (SSSR count). The predicted octanol–water partition coefficient (Wildman–Crippen LogP) is 2.89. The zero-order valence-corrected chi connectivity index (χ0v) is 10.3. The Balaban J connectivity index is 0.000000250. The molecule has 0 aliphatic carbocycles. The molecule has 0 fully saturated rings. The van der Waals surface area contributed by atoms with E-state index >= 15 is 0 Å². The van der Waals surface area contributed by atoms with Crippen LogP contribution in [0.5, 0.6) is 0 Å². The summed E-state index contributed by atoms with van der Waals surface area (Å²) in [5, 5.41) is 8.29. The molecule has 4 heteroatoms. The standard InChI is InChI=1S/C11H10O2.C4H5NO/c12-11(13)9-5-4-8-10-6-2-1-3-7-10;1-2-4-6-5-3-1/h1-9H,(H,12,13);1-5H. The van der Waals surface area contributed by atoms with E-state index < -0.39 is 5.97 Å². The van der Waals surface area contributed by atoms with Crippen molar-refractivity contribution in [3.05, 3.63) is 78.7 Å². The predicted molar refractivity (Wildman–Crippen MR) is 74.8 cm³/mol. The molecular formula is C15H15NO3. The lowest BCUT2D eigenvalue weighted by Crippen LogP contribution is -2.01. The number of carboxylic acids is 1. The average molecular weight is 257 g/mol. The van der Waals surface area contributed by atoms with E-state index in [1.807, 2.05) is 42.5 Å². The summed E-state index contributed by atoms with van der Waals surface area (Å²) in [6, 6.07) is 9.70. The lowest BCUT2D eigenvalue weighted by molar-refractivity contribution is -0.131. The van der Waals surface area contributed by atoms with Gasteiger partial charge in [0.15, 0.2) is 0 Å². The van der Waals surface area contributed by atoms with Gasteiger partial charge in [-0.25, -0.2) is 10.3 Å². The number of benzene rings is 1. The van der Waals surface area contributed by atoms with Gasteiger partial charge in [0.1, 0.15) is 6.26 Å². The first-order valence-corrected chi connectivity index (χ1v) is 5.64. The van der Waals surface area contributed by atoms with Gasteiger partial charge in [0, 0.05) is 12.3 Å². The highest BCUT2D eigenvalue weighted by atomic mass is 16.6. The number of aliphatic carboxylic acids is 1. The van der Waals surface area contributed by atoms with Gasteiger partial charge in [-0.05, 0) is 17.7 Å². The monoisotopic (exact) mass is 257 g/mol. The summed E-state index contributed by atoms with van der Waals surface area (Å²) in [4.78, 5) is 14.6. The molecule has 0 aromatic heterocycles. The maximum absolute atomic E-state index is 10.1. The summed E-state index contributed by atoms with van der Waals surface area (Å²) in [6.45, 7) is 0. The fraction of sp³-hybridized carbons (Fsp3) is 0. The molecular weight excluding hydrogens is 242 g/mol. The third-order valence-electron chi connectivity index (χ3n) is 1.93.